The summed E-state index contributed by atoms with van der Waals surface area (Å²) in [6, 6.07) is 8.06. The Kier molecular flexibility index (Phi) is 10.8. The van der Waals surface area contributed by atoms with Gasteiger partial charge in [-0.25, -0.2) is 0 Å². The molecular formula is C22H37IN4O2. The van der Waals surface area contributed by atoms with Crippen LogP contribution in [0, 0.1) is 11.3 Å². The zero-order valence-electron chi connectivity index (χ0n) is 18.5. The van der Waals surface area contributed by atoms with Gasteiger partial charge in [-0.3, -0.25) is 9.79 Å². The van der Waals surface area contributed by atoms with Crippen molar-refractivity contribution in [2.24, 2.45) is 16.3 Å². The second-order valence-corrected chi connectivity index (χ2v) is 8.28. The molecule has 7 heteroatoms. The third-order valence-corrected chi connectivity index (χ3v) is 5.23. The van der Waals surface area contributed by atoms with Crippen molar-refractivity contribution in [3.8, 4) is 5.75 Å². The van der Waals surface area contributed by atoms with Crippen LogP contribution in [0.5, 0.6) is 5.75 Å². The highest BCUT2D eigenvalue weighted by Crippen LogP contribution is 2.38. The van der Waals surface area contributed by atoms with E-state index in [1.807, 2.05) is 32.3 Å². The lowest BCUT2D eigenvalue weighted by atomic mass is 9.84. The standard InChI is InChI=1S/C22H36N4O2.HI/c1-17(2)15-28-19-11-7-6-10-18(19)14-24-21(23-3)25-16-22(12-8-9-13-22)20(27)26(4)5;/h6-7,10-11,17H,8-9,12-16H2,1-5H3,(H2,23,24,25);1H. The number of benzene rings is 1. The van der Waals surface area contributed by atoms with Crippen molar-refractivity contribution in [3.05, 3.63) is 29.8 Å². The van der Waals surface area contributed by atoms with Crippen LogP contribution in [0.4, 0.5) is 0 Å². The lowest BCUT2D eigenvalue weighted by Crippen LogP contribution is -2.49. The number of nitrogens with one attached hydrogen (secondary N) is 2. The molecule has 1 fully saturated rings. The minimum Gasteiger partial charge on any atom is -0.493 e. The second-order valence-electron chi connectivity index (χ2n) is 8.28. The van der Waals surface area contributed by atoms with Crippen molar-refractivity contribution >= 4 is 35.8 Å². The maximum atomic E-state index is 12.7. The summed E-state index contributed by atoms with van der Waals surface area (Å²) in [7, 11) is 5.43. The van der Waals surface area contributed by atoms with E-state index >= 15 is 0 Å². The fraction of sp³-hybridized carbons (Fsp3) is 0.636. The molecule has 0 radical (unpaired) electrons. The molecule has 0 spiro atoms. The average molecular weight is 516 g/mol. The number of para-hydroxylation sites is 1. The third-order valence-electron chi connectivity index (χ3n) is 5.23. The molecule has 0 aromatic heterocycles. The molecule has 0 bridgehead atoms. The van der Waals surface area contributed by atoms with Gasteiger partial charge >= 0.3 is 0 Å². The molecule has 164 valence electrons. The minimum absolute atomic E-state index is 0. The Balaban J connectivity index is 0.00000420. The molecule has 0 aliphatic heterocycles. The Morgan fingerprint density at radius 2 is 1.86 bits per heavy atom. The smallest absolute Gasteiger partial charge is 0.230 e. The molecule has 0 unspecified atom stereocenters. The molecule has 6 nitrogen and oxygen atoms in total. The number of carbonyl (C=O) groups is 1. The molecule has 0 atom stereocenters. The molecule has 0 saturated heterocycles. The van der Waals surface area contributed by atoms with Crippen LogP contribution < -0.4 is 15.4 Å². The van der Waals surface area contributed by atoms with Gasteiger partial charge in [-0.1, -0.05) is 44.9 Å². The highest BCUT2D eigenvalue weighted by atomic mass is 127. The predicted molar refractivity (Wildman–Crippen MR) is 130 cm³/mol. The Hall–Kier alpha value is -1.51. The van der Waals surface area contributed by atoms with Crippen LogP contribution in [0.3, 0.4) is 0 Å². The Morgan fingerprint density at radius 3 is 2.45 bits per heavy atom. The van der Waals surface area contributed by atoms with Gasteiger partial charge in [0.25, 0.3) is 0 Å². The van der Waals surface area contributed by atoms with Gasteiger partial charge in [0.2, 0.25) is 5.91 Å². The quantitative estimate of drug-likeness (QED) is 0.315. The lowest BCUT2D eigenvalue weighted by molar-refractivity contribution is -0.138. The molecule has 1 amide bonds. The van der Waals surface area contributed by atoms with E-state index < -0.39 is 0 Å². The summed E-state index contributed by atoms with van der Waals surface area (Å²) in [5, 5.41) is 6.74. The van der Waals surface area contributed by atoms with Crippen molar-refractivity contribution < 1.29 is 9.53 Å². The third kappa shape index (κ3) is 7.35. The number of amides is 1. The number of halogens is 1. The summed E-state index contributed by atoms with van der Waals surface area (Å²) < 4.78 is 5.93. The lowest BCUT2D eigenvalue weighted by Gasteiger charge is -2.31. The van der Waals surface area contributed by atoms with Crippen LogP contribution in [-0.2, 0) is 11.3 Å². The molecule has 1 aliphatic carbocycles. The monoisotopic (exact) mass is 516 g/mol. The van der Waals surface area contributed by atoms with Gasteiger partial charge < -0.3 is 20.3 Å². The summed E-state index contributed by atoms with van der Waals surface area (Å²) in [6.45, 7) is 6.19. The van der Waals surface area contributed by atoms with Crippen molar-refractivity contribution in [1.29, 1.82) is 0 Å². The van der Waals surface area contributed by atoms with Gasteiger partial charge in [-0.05, 0) is 24.8 Å². The van der Waals surface area contributed by atoms with Crippen LogP contribution >= 0.6 is 24.0 Å². The van der Waals surface area contributed by atoms with E-state index in [0.29, 0.717) is 31.6 Å². The molecule has 0 heterocycles. The maximum absolute atomic E-state index is 12.7. The largest absolute Gasteiger partial charge is 0.493 e. The van der Waals surface area contributed by atoms with Crippen LogP contribution in [0.15, 0.2) is 29.3 Å². The van der Waals surface area contributed by atoms with Gasteiger partial charge in [0.05, 0.1) is 12.0 Å². The first kappa shape index (κ1) is 25.5. The number of aliphatic imine (C=N–C) groups is 1. The molecule has 1 saturated carbocycles. The van der Waals surface area contributed by atoms with E-state index in [0.717, 1.165) is 37.0 Å². The topological polar surface area (TPSA) is 66.0 Å². The summed E-state index contributed by atoms with van der Waals surface area (Å²) in [5.41, 5.74) is 0.769. The number of guanidine groups is 1. The first-order valence-corrected chi connectivity index (χ1v) is 10.2. The Bertz CT molecular complexity index is 671. The molecule has 1 aromatic rings. The first-order chi connectivity index (χ1) is 13.4. The molecule has 29 heavy (non-hydrogen) atoms. The van der Waals surface area contributed by atoms with Crippen molar-refractivity contribution in [3.63, 3.8) is 0 Å². The summed E-state index contributed by atoms with van der Waals surface area (Å²) in [5.74, 6) is 2.29. The number of hydrogen-bond acceptors (Lipinski definition) is 3. The van der Waals surface area contributed by atoms with E-state index in [1.165, 1.54) is 0 Å². The van der Waals surface area contributed by atoms with Crippen LogP contribution in [0.2, 0.25) is 0 Å². The molecular weight excluding hydrogens is 479 g/mol. The summed E-state index contributed by atoms with van der Waals surface area (Å²) in [6.07, 6.45) is 4.07. The van der Waals surface area contributed by atoms with E-state index in [2.05, 4.69) is 35.5 Å². The van der Waals surface area contributed by atoms with Gasteiger partial charge in [0.15, 0.2) is 5.96 Å². The average Bonchev–Trinajstić information content (AvgIpc) is 3.16. The minimum atomic E-state index is -0.320. The highest BCUT2D eigenvalue weighted by Gasteiger charge is 2.42. The van der Waals surface area contributed by atoms with E-state index in [1.54, 1.807) is 11.9 Å². The van der Waals surface area contributed by atoms with Crippen molar-refractivity contribution in [1.82, 2.24) is 15.5 Å². The highest BCUT2D eigenvalue weighted by molar-refractivity contribution is 14.0. The molecule has 2 N–H and O–H groups in total. The SMILES string of the molecule is CN=C(NCc1ccccc1OCC(C)C)NCC1(C(=O)N(C)C)CCCC1.I. The van der Waals surface area contributed by atoms with Crippen LogP contribution in [-0.4, -0.2) is 51.1 Å². The fourth-order valence-electron chi connectivity index (χ4n) is 3.69. The number of carbonyl (C=O) groups excluding carboxylic acids is 1. The van der Waals surface area contributed by atoms with Gasteiger partial charge in [-0.2, -0.15) is 0 Å². The second kappa shape index (κ2) is 12.2. The van der Waals surface area contributed by atoms with E-state index in [9.17, 15) is 4.79 Å². The van der Waals surface area contributed by atoms with Crippen molar-refractivity contribution in [2.45, 2.75) is 46.1 Å². The van der Waals surface area contributed by atoms with Gasteiger partial charge in [-0.15, -0.1) is 24.0 Å². The van der Waals surface area contributed by atoms with Crippen LogP contribution in [0.1, 0.15) is 45.1 Å². The van der Waals surface area contributed by atoms with Gasteiger partial charge in [0.1, 0.15) is 5.75 Å². The number of ether oxygens (including phenoxy) is 1. The number of hydrogen-bond donors (Lipinski definition) is 2. The molecule has 1 aliphatic rings. The summed E-state index contributed by atoms with van der Waals surface area (Å²) in [4.78, 5) is 18.8. The number of nitrogens with zero attached hydrogens (tertiary/aromatic N) is 2. The maximum Gasteiger partial charge on any atom is 0.230 e. The predicted octanol–water partition coefficient (Wildman–Crippen LogP) is 3.65. The molecule has 2 rings (SSSR count). The first-order valence-electron chi connectivity index (χ1n) is 10.2. The van der Waals surface area contributed by atoms with Gasteiger partial charge in [0, 0.05) is 39.8 Å². The Labute approximate surface area is 192 Å². The van der Waals surface area contributed by atoms with Crippen molar-refractivity contribution in [2.75, 3.05) is 34.3 Å². The van der Waals surface area contributed by atoms with Crippen LogP contribution in [0.25, 0.3) is 0 Å². The molecule has 1 aromatic carbocycles. The van der Waals surface area contributed by atoms with E-state index in [4.69, 9.17) is 4.74 Å². The number of rotatable bonds is 8. The van der Waals surface area contributed by atoms with E-state index in [-0.39, 0.29) is 35.3 Å². The zero-order chi connectivity index (χ0) is 20.6. The summed E-state index contributed by atoms with van der Waals surface area (Å²) >= 11 is 0. The normalized spacial score (nSPS) is 15.6. The Morgan fingerprint density at radius 1 is 1.21 bits per heavy atom. The fourth-order valence-corrected chi connectivity index (χ4v) is 3.69. The zero-order valence-corrected chi connectivity index (χ0v) is 20.8.